The second kappa shape index (κ2) is 15.3. The molecule has 0 spiro atoms. The van der Waals surface area contributed by atoms with Gasteiger partial charge in [0.2, 0.25) is 0 Å². The molecule has 0 amide bonds. The predicted octanol–water partition coefficient (Wildman–Crippen LogP) is -0.551. The van der Waals surface area contributed by atoms with Crippen molar-refractivity contribution >= 4 is 0 Å². The standard InChI is InChI=1S/2C9H13.2ClH.Zr/c2*1-8(2)7-9-5-3-4-6-9;;;/h2*5-6,8H,3,7H2,1-2H3;2*1H;/q2*-1;;;+2/p-2. The maximum atomic E-state index is 3.16. The molecule has 21 heavy (non-hydrogen) atoms. The van der Waals surface area contributed by atoms with Gasteiger partial charge in [-0.15, -0.1) is 12.8 Å². The molecule has 0 fully saturated rings. The molecular weight excluding hydrogens is 378 g/mol. The van der Waals surface area contributed by atoms with E-state index in [0.29, 0.717) is 0 Å². The van der Waals surface area contributed by atoms with Crippen molar-refractivity contribution < 1.29 is 51.0 Å². The normalized spacial score (nSPS) is 14.6. The van der Waals surface area contributed by atoms with Gasteiger partial charge in [0, 0.05) is 0 Å². The Morgan fingerprint density at radius 1 is 0.810 bits per heavy atom. The van der Waals surface area contributed by atoms with E-state index in [9.17, 15) is 0 Å². The van der Waals surface area contributed by atoms with Gasteiger partial charge in [0.15, 0.2) is 0 Å². The van der Waals surface area contributed by atoms with Crippen LogP contribution in [-0.2, 0) is 26.2 Å². The fraction of sp³-hybridized carbons (Fsp3) is 0.556. The van der Waals surface area contributed by atoms with Crippen molar-refractivity contribution in [2.24, 2.45) is 11.8 Å². The van der Waals surface area contributed by atoms with Gasteiger partial charge in [-0.3, -0.25) is 12.2 Å². The molecule has 0 saturated carbocycles. The molecule has 0 aliphatic heterocycles. The number of allylic oxidation sites excluding steroid dienone is 8. The maximum absolute atomic E-state index is 3.16. The third-order valence-corrected chi connectivity index (χ3v) is 2.83. The quantitative estimate of drug-likeness (QED) is 0.552. The van der Waals surface area contributed by atoms with Crippen molar-refractivity contribution in [2.45, 2.75) is 53.4 Å². The first-order chi connectivity index (χ1) is 8.58. The largest absolute Gasteiger partial charge is 2.00 e. The summed E-state index contributed by atoms with van der Waals surface area (Å²) in [6, 6.07) is 0. The molecule has 0 radical (unpaired) electrons. The smallest absolute Gasteiger partial charge is 1.00 e. The molecule has 2 aliphatic carbocycles. The summed E-state index contributed by atoms with van der Waals surface area (Å²) < 4.78 is 0. The van der Waals surface area contributed by atoms with Crippen LogP contribution in [-0.4, -0.2) is 0 Å². The molecule has 118 valence electrons. The van der Waals surface area contributed by atoms with Gasteiger partial charge in [-0.2, -0.15) is 12.2 Å². The minimum atomic E-state index is 0. The topological polar surface area (TPSA) is 0 Å². The molecule has 3 heteroatoms. The van der Waals surface area contributed by atoms with Crippen LogP contribution < -0.4 is 24.8 Å². The van der Waals surface area contributed by atoms with Gasteiger partial charge in [-0.1, -0.05) is 52.4 Å². The van der Waals surface area contributed by atoms with Crippen molar-refractivity contribution in [1.82, 2.24) is 0 Å². The Labute approximate surface area is 163 Å². The Hall–Kier alpha value is 0.423. The van der Waals surface area contributed by atoms with Crippen molar-refractivity contribution in [3.8, 4) is 0 Å². The van der Waals surface area contributed by atoms with E-state index < -0.39 is 0 Å². The van der Waals surface area contributed by atoms with Crippen molar-refractivity contribution in [1.29, 1.82) is 0 Å². The average molecular weight is 405 g/mol. The molecular formula is C18H26Cl2Zr-2. The SMILES string of the molecule is CC(C)CC1=CC[C-]=C1.CC(C)CC1=CC[C-]=C1.[Cl-].[Cl-].[Zr+2]. The Morgan fingerprint density at radius 2 is 1.14 bits per heavy atom. The summed E-state index contributed by atoms with van der Waals surface area (Å²) >= 11 is 0. The monoisotopic (exact) mass is 402 g/mol. The number of hydrogen-bond acceptors (Lipinski definition) is 0. The van der Waals surface area contributed by atoms with Gasteiger partial charge in [-0.25, -0.2) is 23.3 Å². The van der Waals surface area contributed by atoms with Crippen LogP contribution in [0.1, 0.15) is 53.4 Å². The van der Waals surface area contributed by atoms with E-state index in [1.54, 1.807) is 0 Å². The molecule has 0 aromatic rings. The van der Waals surface area contributed by atoms with Gasteiger partial charge >= 0.3 is 26.2 Å². The summed E-state index contributed by atoms with van der Waals surface area (Å²) in [6.45, 7) is 8.97. The summed E-state index contributed by atoms with van der Waals surface area (Å²) in [5.74, 6) is 1.57. The first-order valence-electron chi connectivity index (χ1n) is 7.09. The first-order valence-corrected chi connectivity index (χ1v) is 7.09. The van der Waals surface area contributed by atoms with Crippen molar-refractivity contribution in [3.63, 3.8) is 0 Å². The number of hydrogen-bond donors (Lipinski definition) is 0. The Bertz CT molecular complexity index is 327. The predicted molar refractivity (Wildman–Crippen MR) is 79.9 cm³/mol. The third kappa shape index (κ3) is 13.8. The van der Waals surface area contributed by atoms with Crippen LogP contribution in [0.5, 0.6) is 0 Å². The molecule has 0 atom stereocenters. The van der Waals surface area contributed by atoms with Crippen LogP contribution in [0.15, 0.2) is 35.5 Å². The summed E-state index contributed by atoms with van der Waals surface area (Å²) in [7, 11) is 0. The zero-order chi connectivity index (χ0) is 13.4. The minimum absolute atomic E-state index is 0. The van der Waals surface area contributed by atoms with Gasteiger partial charge < -0.3 is 24.8 Å². The van der Waals surface area contributed by atoms with E-state index >= 15 is 0 Å². The third-order valence-electron chi connectivity index (χ3n) is 2.83. The van der Waals surface area contributed by atoms with Crippen LogP contribution in [0.4, 0.5) is 0 Å². The molecule has 0 bridgehead atoms. The van der Waals surface area contributed by atoms with Crippen molar-refractivity contribution in [3.05, 3.63) is 47.6 Å². The second-order valence-corrected chi connectivity index (χ2v) is 5.86. The van der Waals surface area contributed by atoms with E-state index in [1.165, 1.54) is 24.0 Å². The second-order valence-electron chi connectivity index (χ2n) is 5.86. The minimum Gasteiger partial charge on any atom is -1.00 e. The van der Waals surface area contributed by atoms with E-state index in [0.717, 1.165) is 24.7 Å². The molecule has 0 nitrogen and oxygen atoms in total. The Kier molecular flexibility index (Phi) is 19.2. The van der Waals surface area contributed by atoms with Crippen LogP contribution in [0, 0.1) is 24.0 Å². The molecule has 0 heterocycles. The molecule has 0 saturated heterocycles. The van der Waals surface area contributed by atoms with E-state index in [1.807, 2.05) is 0 Å². The average Bonchev–Trinajstić information content (AvgIpc) is 2.90. The fourth-order valence-electron chi connectivity index (χ4n) is 2.11. The van der Waals surface area contributed by atoms with Gasteiger partial charge in [0.05, 0.1) is 0 Å². The van der Waals surface area contributed by atoms with E-state index in [4.69, 9.17) is 0 Å². The number of rotatable bonds is 4. The first kappa shape index (κ1) is 26.3. The summed E-state index contributed by atoms with van der Waals surface area (Å²) in [5.41, 5.74) is 2.93. The van der Waals surface area contributed by atoms with E-state index in [-0.39, 0.29) is 51.0 Å². The molecule has 0 unspecified atom stereocenters. The molecule has 0 aromatic carbocycles. The van der Waals surface area contributed by atoms with Crippen molar-refractivity contribution in [2.75, 3.05) is 0 Å². The van der Waals surface area contributed by atoms with Crippen LogP contribution in [0.3, 0.4) is 0 Å². The summed E-state index contributed by atoms with van der Waals surface area (Å²) in [6.07, 6.45) is 19.5. The fourth-order valence-corrected chi connectivity index (χ4v) is 2.11. The zero-order valence-electron chi connectivity index (χ0n) is 13.5. The summed E-state index contributed by atoms with van der Waals surface area (Å²) in [4.78, 5) is 0. The Morgan fingerprint density at radius 3 is 1.33 bits per heavy atom. The van der Waals surface area contributed by atoms with Gasteiger partial charge in [0.25, 0.3) is 0 Å². The maximum Gasteiger partial charge on any atom is 2.00 e. The molecule has 2 aliphatic rings. The zero-order valence-corrected chi connectivity index (χ0v) is 17.5. The van der Waals surface area contributed by atoms with Crippen LogP contribution >= 0.6 is 0 Å². The Balaban J connectivity index is -0.000000270. The number of halogens is 2. The van der Waals surface area contributed by atoms with Gasteiger partial charge in [0.1, 0.15) is 0 Å². The summed E-state index contributed by atoms with van der Waals surface area (Å²) in [5, 5.41) is 0. The molecule has 0 N–H and O–H groups in total. The van der Waals surface area contributed by atoms with Gasteiger partial charge in [-0.05, 0) is 0 Å². The molecule has 0 aromatic heterocycles. The van der Waals surface area contributed by atoms with Crippen LogP contribution in [0.25, 0.3) is 0 Å². The van der Waals surface area contributed by atoms with Crippen LogP contribution in [0.2, 0.25) is 0 Å². The molecule has 2 rings (SSSR count). The van der Waals surface area contributed by atoms with E-state index in [2.05, 4.69) is 64.2 Å².